The average Bonchev–Trinajstić information content (AvgIpc) is 3.48. The topological polar surface area (TPSA) is 60.5 Å². The minimum atomic E-state index is -0.273. The van der Waals surface area contributed by atoms with Gasteiger partial charge in [-0.25, -0.2) is 0 Å². The maximum atomic E-state index is 11.8. The molecule has 4 unspecified atom stereocenters. The summed E-state index contributed by atoms with van der Waals surface area (Å²) in [6.07, 6.45) is 10.7. The van der Waals surface area contributed by atoms with Gasteiger partial charge >= 0.3 is 0 Å². The minimum absolute atomic E-state index is 0.109. The normalized spacial score (nSPS) is 31.6. The Kier molecular flexibility index (Phi) is 4.91. The van der Waals surface area contributed by atoms with E-state index in [4.69, 9.17) is 10.5 Å². The van der Waals surface area contributed by atoms with Crippen LogP contribution in [0.3, 0.4) is 0 Å². The summed E-state index contributed by atoms with van der Waals surface area (Å²) < 4.78 is 8.80. The molecular weight excluding hydrogens is 362 g/mol. The average molecular weight is 396 g/mol. The Morgan fingerprint density at radius 2 is 2.00 bits per heavy atom. The SMILES string of the molecule is CC(C(N)=O)c1cccc2c1ccn2C1CCC2(CCCO2)CC1N1CCCC1. The summed E-state index contributed by atoms with van der Waals surface area (Å²) in [4.78, 5) is 14.5. The lowest BCUT2D eigenvalue weighted by Gasteiger charge is -2.46. The van der Waals surface area contributed by atoms with Crippen LogP contribution < -0.4 is 5.73 Å². The Bertz CT molecular complexity index is 893. The molecule has 5 nitrogen and oxygen atoms in total. The third-order valence-corrected chi connectivity index (χ3v) is 7.76. The molecule has 2 N–H and O–H groups in total. The molecule has 1 aliphatic carbocycles. The standard InChI is InChI=1S/C24H33N3O2/c1-17(23(25)28)18-6-4-7-20-19(18)9-14-27(20)21-8-11-24(10-5-15-29-24)16-22(21)26-12-2-3-13-26/h4,6-7,9,14,17,21-22H,2-3,5,8,10-13,15-16H2,1H3,(H2,25,28). The zero-order chi connectivity index (χ0) is 20.0. The number of nitrogens with two attached hydrogens (primary N) is 1. The van der Waals surface area contributed by atoms with E-state index in [2.05, 4.69) is 33.9 Å². The first-order chi connectivity index (χ1) is 14.1. The van der Waals surface area contributed by atoms with Crippen molar-refractivity contribution in [3.63, 3.8) is 0 Å². The summed E-state index contributed by atoms with van der Waals surface area (Å²) in [6, 6.07) is 9.48. The lowest BCUT2D eigenvalue weighted by Crippen LogP contribution is -2.49. The fourth-order valence-electron chi connectivity index (χ4n) is 6.14. The van der Waals surface area contributed by atoms with Crippen LogP contribution in [0, 0.1) is 0 Å². The second kappa shape index (κ2) is 7.44. The van der Waals surface area contributed by atoms with Crippen molar-refractivity contribution in [1.29, 1.82) is 0 Å². The Balaban J connectivity index is 1.52. The van der Waals surface area contributed by atoms with E-state index in [1.165, 1.54) is 44.3 Å². The predicted molar refractivity (Wildman–Crippen MR) is 115 cm³/mol. The van der Waals surface area contributed by atoms with Crippen LogP contribution in [0.25, 0.3) is 10.9 Å². The molecule has 1 spiro atoms. The van der Waals surface area contributed by atoms with Gasteiger partial charge in [0, 0.05) is 35.8 Å². The smallest absolute Gasteiger partial charge is 0.224 e. The van der Waals surface area contributed by atoms with Gasteiger partial charge < -0.3 is 15.0 Å². The molecule has 2 aromatic rings. The molecule has 1 aromatic carbocycles. The van der Waals surface area contributed by atoms with E-state index in [0.717, 1.165) is 36.8 Å². The highest BCUT2D eigenvalue weighted by atomic mass is 16.5. The van der Waals surface area contributed by atoms with Crippen LogP contribution in [0.2, 0.25) is 0 Å². The van der Waals surface area contributed by atoms with Crippen molar-refractivity contribution in [2.45, 2.75) is 75.5 Å². The van der Waals surface area contributed by atoms with Gasteiger partial charge in [-0.15, -0.1) is 0 Å². The molecule has 0 radical (unpaired) electrons. The predicted octanol–water partition coefficient (Wildman–Crippen LogP) is 3.97. The molecule has 3 aliphatic rings. The number of benzene rings is 1. The van der Waals surface area contributed by atoms with E-state index in [1.54, 1.807) is 0 Å². The second-order valence-electron chi connectivity index (χ2n) is 9.38. The Morgan fingerprint density at radius 3 is 2.72 bits per heavy atom. The number of amides is 1. The molecule has 0 bridgehead atoms. The van der Waals surface area contributed by atoms with E-state index in [-0.39, 0.29) is 17.4 Å². The van der Waals surface area contributed by atoms with Crippen LogP contribution in [0.5, 0.6) is 0 Å². The molecule has 5 heteroatoms. The van der Waals surface area contributed by atoms with Gasteiger partial charge in [-0.3, -0.25) is 9.69 Å². The molecule has 1 aromatic heterocycles. The fourth-order valence-corrected chi connectivity index (χ4v) is 6.14. The molecule has 2 saturated heterocycles. The molecule has 1 amide bonds. The first-order valence-electron chi connectivity index (χ1n) is 11.3. The van der Waals surface area contributed by atoms with Gasteiger partial charge in [0.2, 0.25) is 5.91 Å². The lowest BCUT2D eigenvalue weighted by molar-refractivity contribution is -0.119. The number of nitrogens with zero attached hydrogens (tertiary/aromatic N) is 2. The van der Waals surface area contributed by atoms with Crippen LogP contribution in [-0.4, -0.2) is 46.7 Å². The largest absolute Gasteiger partial charge is 0.375 e. The number of ether oxygens (including phenoxy) is 1. The first kappa shape index (κ1) is 19.1. The lowest BCUT2D eigenvalue weighted by atomic mass is 9.76. The van der Waals surface area contributed by atoms with Crippen molar-refractivity contribution in [2.24, 2.45) is 5.73 Å². The van der Waals surface area contributed by atoms with E-state index < -0.39 is 0 Å². The summed E-state index contributed by atoms with van der Waals surface area (Å²) in [5.41, 5.74) is 7.99. The summed E-state index contributed by atoms with van der Waals surface area (Å²) in [5, 5.41) is 1.16. The molecule has 29 heavy (non-hydrogen) atoms. The van der Waals surface area contributed by atoms with Crippen molar-refractivity contribution in [3.8, 4) is 0 Å². The van der Waals surface area contributed by atoms with E-state index in [9.17, 15) is 4.79 Å². The van der Waals surface area contributed by atoms with E-state index in [0.29, 0.717) is 12.1 Å². The number of aromatic nitrogens is 1. The molecule has 2 aliphatic heterocycles. The second-order valence-corrected chi connectivity index (χ2v) is 9.38. The van der Waals surface area contributed by atoms with Crippen LogP contribution in [0.4, 0.5) is 0 Å². The number of likely N-dealkylation sites (tertiary alicyclic amines) is 1. The van der Waals surface area contributed by atoms with Gasteiger partial charge in [0.05, 0.1) is 11.5 Å². The Hall–Kier alpha value is -1.85. The van der Waals surface area contributed by atoms with Crippen LogP contribution in [-0.2, 0) is 9.53 Å². The fraction of sp³-hybridized carbons (Fsp3) is 0.625. The molecule has 4 atom stereocenters. The van der Waals surface area contributed by atoms with Crippen molar-refractivity contribution in [2.75, 3.05) is 19.7 Å². The molecule has 3 fully saturated rings. The van der Waals surface area contributed by atoms with E-state index >= 15 is 0 Å². The van der Waals surface area contributed by atoms with Crippen LogP contribution >= 0.6 is 0 Å². The number of carbonyl (C=O) groups is 1. The minimum Gasteiger partial charge on any atom is -0.375 e. The highest BCUT2D eigenvalue weighted by Gasteiger charge is 2.46. The zero-order valence-corrected chi connectivity index (χ0v) is 17.5. The molecule has 1 saturated carbocycles. The van der Waals surface area contributed by atoms with Crippen LogP contribution in [0.1, 0.15) is 69.4 Å². The molecule has 5 rings (SSSR count). The van der Waals surface area contributed by atoms with Crippen molar-refractivity contribution >= 4 is 16.8 Å². The van der Waals surface area contributed by atoms with Gasteiger partial charge in [-0.1, -0.05) is 12.1 Å². The number of primary amides is 1. The van der Waals surface area contributed by atoms with Gasteiger partial charge in [0.15, 0.2) is 0 Å². The molecular formula is C24H33N3O2. The van der Waals surface area contributed by atoms with Crippen molar-refractivity contribution in [3.05, 3.63) is 36.0 Å². The number of fused-ring (bicyclic) bond motifs is 1. The van der Waals surface area contributed by atoms with Gasteiger partial charge in [-0.05, 0) is 82.7 Å². The molecule has 156 valence electrons. The number of hydrogen-bond donors (Lipinski definition) is 1. The highest BCUT2D eigenvalue weighted by Crippen LogP contribution is 2.46. The summed E-state index contributed by atoms with van der Waals surface area (Å²) in [5.74, 6) is -0.538. The van der Waals surface area contributed by atoms with Gasteiger partial charge in [0.1, 0.15) is 0 Å². The highest BCUT2D eigenvalue weighted by molar-refractivity contribution is 5.91. The van der Waals surface area contributed by atoms with Crippen molar-refractivity contribution in [1.82, 2.24) is 9.47 Å². The maximum absolute atomic E-state index is 11.8. The monoisotopic (exact) mass is 395 g/mol. The van der Waals surface area contributed by atoms with Crippen LogP contribution in [0.15, 0.2) is 30.5 Å². The number of carbonyl (C=O) groups excluding carboxylic acids is 1. The maximum Gasteiger partial charge on any atom is 0.224 e. The number of hydrogen-bond acceptors (Lipinski definition) is 3. The van der Waals surface area contributed by atoms with Crippen molar-refractivity contribution < 1.29 is 9.53 Å². The summed E-state index contributed by atoms with van der Waals surface area (Å²) in [7, 11) is 0. The summed E-state index contributed by atoms with van der Waals surface area (Å²) in [6.45, 7) is 5.25. The third kappa shape index (κ3) is 3.28. The third-order valence-electron chi connectivity index (χ3n) is 7.76. The van der Waals surface area contributed by atoms with E-state index in [1.807, 2.05) is 13.0 Å². The summed E-state index contributed by atoms with van der Waals surface area (Å²) >= 11 is 0. The first-order valence-corrected chi connectivity index (χ1v) is 11.3. The quantitative estimate of drug-likeness (QED) is 0.852. The molecule has 3 heterocycles. The van der Waals surface area contributed by atoms with Gasteiger partial charge in [0.25, 0.3) is 0 Å². The zero-order valence-electron chi connectivity index (χ0n) is 17.5. The van der Waals surface area contributed by atoms with Gasteiger partial charge in [-0.2, -0.15) is 0 Å². The Morgan fingerprint density at radius 1 is 1.17 bits per heavy atom. The number of rotatable bonds is 4. The Labute approximate surface area is 173 Å².